The first-order chi connectivity index (χ1) is 8.54. The van der Waals surface area contributed by atoms with Gasteiger partial charge in [0.15, 0.2) is 9.84 Å². The molecule has 0 aromatic rings. The van der Waals surface area contributed by atoms with Gasteiger partial charge in [-0.2, -0.15) is 0 Å². The second-order valence-corrected chi connectivity index (χ2v) is 8.38. The summed E-state index contributed by atoms with van der Waals surface area (Å²) in [6.07, 6.45) is 6.56. The smallest absolute Gasteiger partial charge is 0.153 e. The van der Waals surface area contributed by atoms with Crippen molar-refractivity contribution in [3.8, 4) is 0 Å². The molecule has 2 saturated carbocycles. The summed E-state index contributed by atoms with van der Waals surface area (Å²) in [6.45, 7) is 5.13. The molecule has 2 aliphatic rings. The van der Waals surface area contributed by atoms with Crippen LogP contribution in [0.2, 0.25) is 0 Å². The van der Waals surface area contributed by atoms with Gasteiger partial charge in [-0.25, -0.2) is 8.42 Å². The van der Waals surface area contributed by atoms with Crippen molar-refractivity contribution < 1.29 is 8.42 Å². The normalized spacial score (nSPS) is 34.2. The Morgan fingerprint density at radius 3 is 2.39 bits per heavy atom. The van der Waals surface area contributed by atoms with Crippen LogP contribution in [-0.4, -0.2) is 32.0 Å². The molecule has 4 heteroatoms. The summed E-state index contributed by atoms with van der Waals surface area (Å²) in [5.74, 6) is 1.16. The third-order valence-corrected chi connectivity index (χ3v) is 7.38. The first kappa shape index (κ1) is 14.3. The molecule has 1 N–H and O–H groups in total. The summed E-state index contributed by atoms with van der Waals surface area (Å²) in [5.41, 5.74) is 0. The molecule has 3 atom stereocenters. The number of sulfone groups is 1. The second kappa shape index (κ2) is 5.91. The van der Waals surface area contributed by atoms with Gasteiger partial charge in [0.1, 0.15) is 0 Å². The third kappa shape index (κ3) is 3.08. The van der Waals surface area contributed by atoms with Crippen molar-refractivity contribution in [2.75, 3.05) is 12.3 Å². The lowest BCUT2D eigenvalue weighted by Crippen LogP contribution is -2.37. The Morgan fingerprint density at radius 1 is 1.11 bits per heavy atom. The Hall–Kier alpha value is -0.0900. The fourth-order valence-corrected chi connectivity index (χ4v) is 6.39. The molecule has 0 aromatic carbocycles. The predicted molar refractivity (Wildman–Crippen MR) is 75.4 cm³/mol. The van der Waals surface area contributed by atoms with Crippen LogP contribution in [0.1, 0.15) is 52.4 Å². The molecule has 0 heterocycles. The van der Waals surface area contributed by atoms with Crippen LogP contribution >= 0.6 is 0 Å². The Bertz CT molecular complexity index is 360. The van der Waals surface area contributed by atoms with E-state index in [0.717, 1.165) is 32.2 Å². The van der Waals surface area contributed by atoms with E-state index in [0.29, 0.717) is 17.7 Å². The van der Waals surface area contributed by atoms with Gasteiger partial charge in [-0.05, 0) is 44.1 Å². The molecular weight excluding hydrogens is 246 g/mol. The van der Waals surface area contributed by atoms with Crippen LogP contribution in [0, 0.1) is 11.8 Å². The highest BCUT2D eigenvalue weighted by atomic mass is 32.2. The highest BCUT2D eigenvalue weighted by Crippen LogP contribution is 2.34. The molecule has 0 radical (unpaired) electrons. The van der Waals surface area contributed by atoms with Gasteiger partial charge in [0, 0.05) is 6.04 Å². The largest absolute Gasteiger partial charge is 0.314 e. The van der Waals surface area contributed by atoms with Crippen LogP contribution in [0.25, 0.3) is 0 Å². The van der Waals surface area contributed by atoms with E-state index in [1.807, 2.05) is 0 Å². The minimum Gasteiger partial charge on any atom is -0.314 e. The summed E-state index contributed by atoms with van der Waals surface area (Å²) >= 11 is 0. The molecule has 0 aromatic heterocycles. The quantitative estimate of drug-likeness (QED) is 0.836. The van der Waals surface area contributed by atoms with Crippen LogP contribution in [0.3, 0.4) is 0 Å². The lowest BCUT2D eigenvalue weighted by atomic mass is 10.1. The monoisotopic (exact) mass is 273 g/mol. The number of rotatable bonds is 5. The number of hydrogen-bond acceptors (Lipinski definition) is 3. The van der Waals surface area contributed by atoms with Gasteiger partial charge in [-0.1, -0.05) is 26.7 Å². The van der Waals surface area contributed by atoms with Crippen molar-refractivity contribution in [1.29, 1.82) is 0 Å². The lowest BCUT2D eigenvalue weighted by Gasteiger charge is -2.22. The Labute approximate surface area is 112 Å². The average Bonchev–Trinajstić information content (AvgIpc) is 2.90. The first-order valence-corrected chi connectivity index (χ1v) is 9.21. The van der Waals surface area contributed by atoms with Gasteiger partial charge < -0.3 is 5.32 Å². The topological polar surface area (TPSA) is 46.2 Å². The van der Waals surface area contributed by atoms with E-state index in [9.17, 15) is 8.42 Å². The number of nitrogens with one attached hydrogen (secondary N) is 1. The minimum absolute atomic E-state index is 0.0952. The molecule has 106 valence electrons. The van der Waals surface area contributed by atoms with Crippen molar-refractivity contribution >= 4 is 9.84 Å². The highest BCUT2D eigenvalue weighted by molar-refractivity contribution is 7.92. The van der Waals surface area contributed by atoms with Crippen LogP contribution in [0.4, 0.5) is 0 Å². The first-order valence-electron chi connectivity index (χ1n) is 7.49. The molecule has 2 fully saturated rings. The zero-order chi connectivity index (χ0) is 13.2. The molecule has 3 unspecified atom stereocenters. The summed E-state index contributed by atoms with van der Waals surface area (Å²) in [5, 5.41) is 3.33. The molecule has 2 aliphatic carbocycles. The van der Waals surface area contributed by atoms with E-state index >= 15 is 0 Å². The van der Waals surface area contributed by atoms with Gasteiger partial charge in [-0.15, -0.1) is 0 Å². The van der Waals surface area contributed by atoms with E-state index in [1.165, 1.54) is 12.8 Å². The molecule has 18 heavy (non-hydrogen) atoms. The van der Waals surface area contributed by atoms with Crippen LogP contribution in [-0.2, 0) is 9.84 Å². The van der Waals surface area contributed by atoms with E-state index < -0.39 is 9.84 Å². The molecule has 0 amide bonds. The van der Waals surface area contributed by atoms with Crippen molar-refractivity contribution in [1.82, 2.24) is 5.32 Å². The predicted octanol–water partition coefficient (Wildman–Crippen LogP) is 2.37. The third-order valence-electron chi connectivity index (χ3n) is 4.85. The van der Waals surface area contributed by atoms with Crippen LogP contribution in [0.15, 0.2) is 0 Å². The Balaban J connectivity index is 1.97. The summed E-state index contributed by atoms with van der Waals surface area (Å²) in [7, 11) is -2.88. The van der Waals surface area contributed by atoms with Gasteiger partial charge >= 0.3 is 0 Å². The maximum absolute atomic E-state index is 12.5. The second-order valence-electron chi connectivity index (χ2n) is 6.12. The van der Waals surface area contributed by atoms with Gasteiger partial charge in [0.05, 0.1) is 11.0 Å². The highest BCUT2D eigenvalue weighted by Gasteiger charge is 2.41. The maximum Gasteiger partial charge on any atom is 0.153 e. The zero-order valence-electron chi connectivity index (χ0n) is 11.7. The fraction of sp³-hybridized carbons (Fsp3) is 1.00. The SMILES string of the molecule is CCNC1CCC(S(=O)(=O)CC2CCCC2)C1C. The van der Waals surface area contributed by atoms with Crippen LogP contribution in [0.5, 0.6) is 0 Å². The molecule has 2 rings (SSSR count). The molecule has 0 bridgehead atoms. The molecular formula is C14H27NO2S. The van der Waals surface area contributed by atoms with E-state index in [4.69, 9.17) is 0 Å². The summed E-state index contributed by atoms with van der Waals surface area (Å²) in [6, 6.07) is 0.401. The fourth-order valence-electron chi connectivity index (χ4n) is 3.81. The average molecular weight is 273 g/mol. The minimum atomic E-state index is -2.88. The maximum atomic E-state index is 12.5. The van der Waals surface area contributed by atoms with Crippen molar-refractivity contribution in [2.45, 2.75) is 63.7 Å². The van der Waals surface area contributed by atoms with Crippen molar-refractivity contribution in [3.05, 3.63) is 0 Å². The Kier molecular flexibility index (Phi) is 4.70. The standard InChI is InChI=1S/C14H27NO2S/c1-3-15-13-8-9-14(11(13)2)18(16,17)10-12-6-4-5-7-12/h11-15H,3-10H2,1-2H3. The van der Waals surface area contributed by atoms with Crippen molar-refractivity contribution in [3.63, 3.8) is 0 Å². The van der Waals surface area contributed by atoms with Gasteiger partial charge in [0.2, 0.25) is 0 Å². The number of hydrogen-bond donors (Lipinski definition) is 1. The molecule has 0 aliphatic heterocycles. The zero-order valence-corrected chi connectivity index (χ0v) is 12.5. The lowest BCUT2D eigenvalue weighted by molar-refractivity contribution is 0.432. The summed E-state index contributed by atoms with van der Waals surface area (Å²) in [4.78, 5) is 0. The molecule has 3 nitrogen and oxygen atoms in total. The summed E-state index contributed by atoms with van der Waals surface area (Å²) < 4.78 is 25.0. The van der Waals surface area contributed by atoms with Gasteiger partial charge in [-0.3, -0.25) is 0 Å². The van der Waals surface area contributed by atoms with E-state index in [1.54, 1.807) is 0 Å². The molecule has 0 saturated heterocycles. The van der Waals surface area contributed by atoms with Gasteiger partial charge in [0.25, 0.3) is 0 Å². The van der Waals surface area contributed by atoms with Crippen LogP contribution < -0.4 is 5.32 Å². The van der Waals surface area contributed by atoms with E-state index in [-0.39, 0.29) is 11.2 Å². The molecule has 0 spiro atoms. The Morgan fingerprint density at radius 2 is 1.78 bits per heavy atom. The van der Waals surface area contributed by atoms with E-state index in [2.05, 4.69) is 19.2 Å². The van der Waals surface area contributed by atoms with Crippen molar-refractivity contribution in [2.24, 2.45) is 11.8 Å².